The van der Waals surface area contributed by atoms with Gasteiger partial charge in [-0.1, -0.05) is 0 Å². The zero-order valence-electron chi connectivity index (χ0n) is 7.29. The molecule has 1 aromatic rings. The number of nitrogens with one attached hydrogen (secondary N) is 1. The maximum Gasteiger partial charge on any atom is 1.00 e. The SMILES string of the molecule is N#Cc1nc(C#N)c(C#N)[nH]1.[H-].[Li+]. The molecule has 0 saturated carbocycles. The number of nitriles is 3. The van der Waals surface area contributed by atoms with E-state index in [1.165, 1.54) is 0 Å². The molecule has 0 aliphatic carbocycles. The van der Waals surface area contributed by atoms with Gasteiger partial charge in [0.1, 0.15) is 18.2 Å². The average Bonchev–Trinajstić information content (AvgIpc) is 2.46. The van der Waals surface area contributed by atoms with E-state index in [0.29, 0.717) is 0 Å². The standard InChI is InChI=1S/C6HN5.Li.H/c7-1-4-5(2-8)11-6(3-9)10-4;;/h(H,10,11);;/q;+1;-1. The van der Waals surface area contributed by atoms with Crippen molar-refractivity contribution in [2.45, 2.75) is 0 Å². The van der Waals surface area contributed by atoms with E-state index in [1.54, 1.807) is 18.2 Å². The second-order valence-electron chi connectivity index (χ2n) is 1.64. The van der Waals surface area contributed by atoms with Crippen molar-refractivity contribution < 1.29 is 20.3 Å². The van der Waals surface area contributed by atoms with Gasteiger partial charge in [0.05, 0.1) is 0 Å². The number of rotatable bonds is 0. The first-order valence-corrected chi connectivity index (χ1v) is 2.62. The van der Waals surface area contributed by atoms with Crippen LogP contribution in [0.4, 0.5) is 0 Å². The molecule has 5 nitrogen and oxygen atoms in total. The maximum absolute atomic E-state index is 8.38. The van der Waals surface area contributed by atoms with Gasteiger partial charge < -0.3 is 6.41 Å². The van der Waals surface area contributed by atoms with Crippen LogP contribution in [0.3, 0.4) is 0 Å². The van der Waals surface area contributed by atoms with Gasteiger partial charge in [0.25, 0.3) is 0 Å². The van der Waals surface area contributed by atoms with E-state index in [1.807, 2.05) is 0 Å². The van der Waals surface area contributed by atoms with Gasteiger partial charge in [-0.25, -0.2) is 4.98 Å². The summed E-state index contributed by atoms with van der Waals surface area (Å²) in [4.78, 5) is 5.89. The van der Waals surface area contributed by atoms with Crippen molar-refractivity contribution in [3.8, 4) is 18.2 Å². The fourth-order valence-corrected chi connectivity index (χ4v) is 0.588. The number of aromatic amines is 1. The monoisotopic (exact) mass is 151 g/mol. The van der Waals surface area contributed by atoms with Crippen LogP contribution in [-0.4, -0.2) is 9.97 Å². The van der Waals surface area contributed by atoms with Crippen LogP contribution in [0, 0.1) is 34.0 Å². The molecule has 0 aromatic carbocycles. The maximum atomic E-state index is 8.38. The molecule has 0 bridgehead atoms. The quantitative estimate of drug-likeness (QED) is 0.403. The molecule has 52 valence electrons. The number of nitrogens with zero attached hydrogens (tertiary/aromatic N) is 4. The molecule has 0 saturated heterocycles. The van der Waals surface area contributed by atoms with E-state index < -0.39 is 0 Å². The normalized spacial score (nSPS) is 7.08. The third kappa shape index (κ3) is 1.65. The number of aromatic nitrogens is 2. The molecule has 6 heteroatoms. The van der Waals surface area contributed by atoms with Crippen molar-refractivity contribution in [3.05, 3.63) is 17.2 Å². The summed E-state index contributed by atoms with van der Waals surface area (Å²) in [6.45, 7) is 0. The van der Waals surface area contributed by atoms with Crippen LogP contribution < -0.4 is 18.9 Å². The zero-order valence-corrected chi connectivity index (χ0v) is 6.29. The minimum Gasteiger partial charge on any atom is -1.00 e. The van der Waals surface area contributed by atoms with Gasteiger partial charge in [0.15, 0.2) is 11.4 Å². The second-order valence-corrected chi connectivity index (χ2v) is 1.64. The van der Waals surface area contributed by atoms with E-state index in [0.717, 1.165) is 0 Å². The summed E-state index contributed by atoms with van der Waals surface area (Å²) in [7, 11) is 0. The molecule has 0 aliphatic rings. The first-order chi connectivity index (χ1) is 5.31. The van der Waals surface area contributed by atoms with Crippen LogP contribution in [0.1, 0.15) is 18.6 Å². The molecule has 12 heavy (non-hydrogen) atoms. The molecule has 0 unspecified atom stereocenters. The Balaban J connectivity index is 0. The van der Waals surface area contributed by atoms with Gasteiger partial charge in [-0.05, 0) is 0 Å². The minimum absolute atomic E-state index is 0. The second kappa shape index (κ2) is 4.22. The van der Waals surface area contributed by atoms with Gasteiger partial charge in [-0.15, -0.1) is 0 Å². The Bertz CT molecular complexity index is 373. The van der Waals surface area contributed by atoms with E-state index in [2.05, 4.69) is 9.97 Å². The van der Waals surface area contributed by atoms with Crippen LogP contribution in [0.2, 0.25) is 0 Å². The molecule has 0 aliphatic heterocycles. The predicted octanol–water partition coefficient (Wildman–Crippen LogP) is -2.86. The van der Waals surface area contributed by atoms with E-state index in [4.69, 9.17) is 15.8 Å². The molecule has 1 heterocycles. The number of imidazole rings is 1. The summed E-state index contributed by atoms with van der Waals surface area (Å²) in [5, 5.41) is 25.0. The van der Waals surface area contributed by atoms with Crippen LogP contribution in [0.25, 0.3) is 0 Å². The Hall–Kier alpha value is -1.72. The smallest absolute Gasteiger partial charge is 1.00 e. The van der Waals surface area contributed by atoms with Crippen molar-refractivity contribution in [1.29, 1.82) is 15.8 Å². The average molecular weight is 151 g/mol. The van der Waals surface area contributed by atoms with Gasteiger partial charge >= 0.3 is 18.9 Å². The summed E-state index contributed by atoms with van der Waals surface area (Å²) in [5.41, 5.74) is -0.00639. The fraction of sp³-hybridized carbons (Fsp3) is 0. The number of hydrogen-bond acceptors (Lipinski definition) is 4. The van der Waals surface area contributed by atoms with Crippen LogP contribution in [-0.2, 0) is 0 Å². The van der Waals surface area contributed by atoms with Gasteiger partial charge in [-0.2, -0.15) is 15.8 Å². The van der Waals surface area contributed by atoms with E-state index in [9.17, 15) is 0 Å². The summed E-state index contributed by atoms with van der Waals surface area (Å²) in [6, 6.07) is 5.08. The van der Waals surface area contributed by atoms with Crippen molar-refractivity contribution in [2.24, 2.45) is 0 Å². The third-order valence-corrected chi connectivity index (χ3v) is 1.03. The molecular weight excluding hydrogens is 149 g/mol. The molecule has 1 aromatic heterocycles. The molecule has 1 N–H and O–H groups in total. The van der Waals surface area contributed by atoms with Crippen molar-refractivity contribution in [2.75, 3.05) is 0 Å². The van der Waals surface area contributed by atoms with Gasteiger partial charge in [0.2, 0.25) is 5.82 Å². The molecule has 0 amide bonds. The summed E-state index contributed by atoms with van der Waals surface area (Å²) >= 11 is 0. The van der Waals surface area contributed by atoms with Gasteiger partial charge in [0, 0.05) is 0 Å². The fourth-order valence-electron chi connectivity index (χ4n) is 0.588. The Morgan fingerprint density at radius 1 is 1.17 bits per heavy atom. The molecule has 0 atom stereocenters. The molecule has 0 fully saturated rings. The first kappa shape index (κ1) is 10.3. The van der Waals surface area contributed by atoms with Crippen molar-refractivity contribution >= 4 is 0 Å². The molecule has 1 rings (SSSR count). The van der Waals surface area contributed by atoms with E-state index >= 15 is 0 Å². The Morgan fingerprint density at radius 2 is 1.83 bits per heavy atom. The van der Waals surface area contributed by atoms with Crippen molar-refractivity contribution in [1.82, 2.24) is 9.97 Å². The third-order valence-electron chi connectivity index (χ3n) is 1.03. The van der Waals surface area contributed by atoms with Crippen molar-refractivity contribution in [3.63, 3.8) is 0 Å². The summed E-state index contributed by atoms with van der Waals surface area (Å²) in [5.74, 6) is -0.0156. The first-order valence-electron chi connectivity index (χ1n) is 2.62. The molecular formula is C6H2LiN5. The van der Waals surface area contributed by atoms with Gasteiger partial charge in [-0.3, -0.25) is 0 Å². The van der Waals surface area contributed by atoms with E-state index in [-0.39, 0.29) is 37.5 Å². The summed E-state index contributed by atoms with van der Waals surface area (Å²) < 4.78 is 0. The number of hydrogen-bond donors (Lipinski definition) is 1. The number of H-pyrrole nitrogens is 1. The Morgan fingerprint density at radius 3 is 2.17 bits per heavy atom. The Kier molecular flexibility index (Phi) is 3.61. The Labute approximate surface area is 81.9 Å². The topological polar surface area (TPSA) is 100 Å². The van der Waals surface area contributed by atoms with Crippen LogP contribution in [0.15, 0.2) is 0 Å². The van der Waals surface area contributed by atoms with Crippen LogP contribution in [0.5, 0.6) is 0 Å². The largest absolute Gasteiger partial charge is 1.00 e. The predicted molar refractivity (Wildman–Crippen MR) is 33.8 cm³/mol. The minimum atomic E-state index is -0.0379. The molecule has 0 spiro atoms. The summed E-state index contributed by atoms with van der Waals surface area (Å²) in [6.07, 6.45) is 0. The van der Waals surface area contributed by atoms with Crippen LogP contribution >= 0.6 is 0 Å². The molecule has 0 radical (unpaired) electrons. The zero-order chi connectivity index (χ0) is 8.27.